The average Bonchev–Trinajstić information content (AvgIpc) is 3.22. The lowest BCUT2D eigenvalue weighted by molar-refractivity contribution is -0.137. The fourth-order valence-electron chi connectivity index (χ4n) is 4.38. The topological polar surface area (TPSA) is 69.6 Å². The molecule has 2 aliphatic heterocycles. The van der Waals surface area contributed by atoms with Gasteiger partial charge in [0.05, 0.1) is 17.3 Å². The van der Waals surface area contributed by atoms with Gasteiger partial charge < -0.3 is 14.9 Å². The molecule has 4 rings (SSSR count). The van der Waals surface area contributed by atoms with E-state index in [4.69, 9.17) is 0 Å². The second-order valence-corrected chi connectivity index (χ2v) is 7.70. The molecule has 1 amide bonds. The Balaban J connectivity index is 1.59. The van der Waals surface area contributed by atoms with E-state index in [0.29, 0.717) is 30.0 Å². The summed E-state index contributed by atoms with van der Waals surface area (Å²) in [6, 6.07) is 5.31. The third-order valence-corrected chi connectivity index (χ3v) is 5.84. The van der Waals surface area contributed by atoms with Crippen molar-refractivity contribution in [1.29, 1.82) is 0 Å². The number of hydrogen-bond donors (Lipinski definition) is 1. The molecule has 1 aromatic heterocycles. The molecule has 1 N–H and O–H groups in total. The zero-order valence-electron chi connectivity index (χ0n) is 16.1. The molecule has 2 saturated heterocycles. The number of aromatic hydroxyl groups is 1. The molecule has 2 aliphatic rings. The Bertz CT molecular complexity index is 923. The van der Waals surface area contributed by atoms with Crippen LogP contribution in [0.2, 0.25) is 0 Å². The van der Waals surface area contributed by atoms with Gasteiger partial charge in [0.2, 0.25) is 5.91 Å². The summed E-state index contributed by atoms with van der Waals surface area (Å²) in [5.74, 6) is 0.653. The molecule has 0 radical (unpaired) electrons. The predicted octanol–water partition coefficient (Wildman–Crippen LogP) is 3.23. The highest BCUT2D eigenvalue weighted by Crippen LogP contribution is 2.39. The predicted molar refractivity (Wildman–Crippen MR) is 100 cm³/mol. The van der Waals surface area contributed by atoms with Crippen LogP contribution in [0.4, 0.5) is 19.0 Å². The normalized spacial score (nSPS) is 21.6. The van der Waals surface area contributed by atoms with Crippen LogP contribution < -0.4 is 4.90 Å². The van der Waals surface area contributed by atoms with Crippen LogP contribution in [-0.4, -0.2) is 51.8 Å². The van der Waals surface area contributed by atoms with E-state index in [-0.39, 0.29) is 23.1 Å². The highest BCUT2D eigenvalue weighted by Gasteiger charge is 2.42. The Morgan fingerprint density at radius 2 is 1.97 bits per heavy atom. The molecule has 9 heteroatoms. The Hall–Kier alpha value is -2.84. The van der Waals surface area contributed by atoms with E-state index in [9.17, 15) is 23.1 Å². The van der Waals surface area contributed by atoms with Crippen molar-refractivity contribution in [2.75, 3.05) is 24.5 Å². The van der Waals surface area contributed by atoms with Gasteiger partial charge in [-0.25, -0.2) is 0 Å². The molecule has 6 nitrogen and oxygen atoms in total. The van der Waals surface area contributed by atoms with Crippen LogP contribution in [-0.2, 0) is 11.0 Å². The van der Waals surface area contributed by atoms with Gasteiger partial charge in [-0.2, -0.15) is 13.2 Å². The summed E-state index contributed by atoms with van der Waals surface area (Å²) >= 11 is 0. The van der Waals surface area contributed by atoms with Gasteiger partial charge in [-0.3, -0.25) is 4.79 Å². The Labute approximate surface area is 166 Å². The van der Waals surface area contributed by atoms with Crippen molar-refractivity contribution in [1.82, 2.24) is 15.1 Å². The first-order chi connectivity index (χ1) is 13.6. The number of carbonyl (C=O) groups is 1. The van der Waals surface area contributed by atoms with Crippen molar-refractivity contribution < 1.29 is 23.1 Å². The standard InChI is InChI=1S/C20H21F3N4O2/c1-11-7-14(20(21,22)23)8-17(29)19(11)15-3-4-18(25-24-15)27-6-5-13-9-26(12(2)28)10-16(13)27/h3-4,7-8,13,16,29H,5-6,9-10H2,1-2H3. The lowest BCUT2D eigenvalue weighted by Crippen LogP contribution is -2.37. The van der Waals surface area contributed by atoms with E-state index in [0.717, 1.165) is 25.6 Å². The first-order valence-electron chi connectivity index (χ1n) is 9.42. The maximum atomic E-state index is 12.9. The van der Waals surface area contributed by atoms with Crippen molar-refractivity contribution in [2.24, 2.45) is 5.92 Å². The number of fused-ring (bicyclic) bond motifs is 1. The number of phenolic OH excluding ortho intramolecular Hbond substituents is 1. The molecule has 2 atom stereocenters. The van der Waals surface area contributed by atoms with Gasteiger partial charge in [0.1, 0.15) is 5.75 Å². The van der Waals surface area contributed by atoms with Gasteiger partial charge in [-0.05, 0) is 43.2 Å². The zero-order chi connectivity index (χ0) is 20.9. The number of amides is 1. The fourth-order valence-corrected chi connectivity index (χ4v) is 4.38. The van der Waals surface area contributed by atoms with Gasteiger partial charge in [-0.1, -0.05) is 0 Å². The van der Waals surface area contributed by atoms with Crippen LogP contribution in [0.15, 0.2) is 24.3 Å². The Morgan fingerprint density at radius 3 is 2.55 bits per heavy atom. The molecule has 0 bridgehead atoms. The number of halogens is 3. The summed E-state index contributed by atoms with van der Waals surface area (Å²) in [5, 5.41) is 18.6. The van der Waals surface area contributed by atoms with E-state index < -0.39 is 17.5 Å². The number of rotatable bonds is 2. The number of likely N-dealkylation sites (tertiary alicyclic amines) is 1. The van der Waals surface area contributed by atoms with E-state index in [1.807, 2.05) is 4.90 Å². The summed E-state index contributed by atoms with van der Waals surface area (Å²) in [5.41, 5.74) is -0.0846. The molecule has 2 fully saturated rings. The third-order valence-electron chi connectivity index (χ3n) is 5.84. The van der Waals surface area contributed by atoms with Crippen molar-refractivity contribution in [2.45, 2.75) is 32.5 Å². The minimum atomic E-state index is -4.53. The Morgan fingerprint density at radius 1 is 1.21 bits per heavy atom. The molecule has 0 spiro atoms. The molecule has 2 unspecified atom stereocenters. The van der Waals surface area contributed by atoms with E-state index in [1.165, 1.54) is 6.92 Å². The minimum Gasteiger partial charge on any atom is -0.507 e. The fraction of sp³-hybridized carbons (Fsp3) is 0.450. The SMILES string of the molecule is CC(=O)N1CC2CCN(c3ccc(-c4c(C)cc(C(F)(F)F)cc4O)nn3)C2C1. The first kappa shape index (κ1) is 19.5. The van der Waals surface area contributed by atoms with Gasteiger partial charge in [0, 0.05) is 38.0 Å². The van der Waals surface area contributed by atoms with Crippen molar-refractivity contribution in [3.63, 3.8) is 0 Å². The second kappa shape index (κ2) is 6.89. The number of carbonyl (C=O) groups excluding carboxylic acids is 1. The molecular formula is C20H21F3N4O2. The smallest absolute Gasteiger partial charge is 0.416 e. The minimum absolute atomic E-state index is 0.0639. The largest absolute Gasteiger partial charge is 0.507 e. The molecule has 3 heterocycles. The number of alkyl halides is 3. The maximum absolute atomic E-state index is 12.9. The van der Waals surface area contributed by atoms with Crippen LogP contribution in [0.5, 0.6) is 5.75 Å². The summed E-state index contributed by atoms with van der Waals surface area (Å²) in [7, 11) is 0. The van der Waals surface area contributed by atoms with Gasteiger partial charge in [-0.15, -0.1) is 10.2 Å². The lowest BCUT2D eigenvalue weighted by atomic mass is 10.0. The maximum Gasteiger partial charge on any atom is 0.416 e. The van der Waals surface area contributed by atoms with Crippen molar-refractivity contribution in [3.8, 4) is 17.0 Å². The summed E-state index contributed by atoms with van der Waals surface area (Å²) in [6.07, 6.45) is -3.56. The first-order valence-corrected chi connectivity index (χ1v) is 9.42. The van der Waals surface area contributed by atoms with Gasteiger partial charge >= 0.3 is 6.18 Å². The third kappa shape index (κ3) is 3.49. The Kier molecular flexibility index (Phi) is 4.63. The number of nitrogens with zero attached hydrogens (tertiary/aromatic N) is 4. The summed E-state index contributed by atoms with van der Waals surface area (Å²) in [4.78, 5) is 15.6. The quantitative estimate of drug-likeness (QED) is 0.829. The van der Waals surface area contributed by atoms with Crippen LogP contribution >= 0.6 is 0 Å². The van der Waals surface area contributed by atoms with Crippen molar-refractivity contribution in [3.05, 3.63) is 35.4 Å². The number of hydrogen-bond acceptors (Lipinski definition) is 5. The number of anilines is 1. The van der Waals surface area contributed by atoms with Crippen LogP contribution in [0.25, 0.3) is 11.3 Å². The average molecular weight is 406 g/mol. The second-order valence-electron chi connectivity index (χ2n) is 7.70. The number of aryl methyl sites for hydroxylation is 1. The van der Waals surface area contributed by atoms with Gasteiger partial charge in [0.25, 0.3) is 0 Å². The highest BCUT2D eigenvalue weighted by atomic mass is 19.4. The molecule has 0 saturated carbocycles. The lowest BCUT2D eigenvalue weighted by Gasteiger charge is -2.25. The molecule has 2 aromatic rings. The van der Waals surface area contributed by atoms with Crippen LogP contribution in [0, 0.1) is 12.8 Å². The molecular weight excluding hydrogens is 385 g/mol. The summed E-state index contributed by atoms with van der Waals surface area (Å²) in [6.45, 7) is 5.29. The number of phenols is 1. The van der Waals surface area contributed by atoms with E-state index in [1.54, 1.807) is 19.1 Å². The summed E-state index contributed by atoms with van der Waals surface area (Å²) < 4.78 is 38.8. The van der Waals surface area contributed by atoms with Crippen LogP contribution in [0.3, 0.4) is 0 Å². The highest BCUT2D eigenvalue weighted by molar-refractivity contribution is 5.74. The zero-order valence-corrected chi connectivity index (χ0v) is 16.1. The van der Waals surface area contributed by atoms with Crippen molar-refractivity contribution >= 4 is 11.7 Å². The number of benzene rings is 1. The molecule has 1 aromatic carbocycles. The molecule has 29 heavy (non-hydrogen) atoms. The van der Waals surface area contributed by atoms with Crippen LogP contribution in [0.1, 0.15) is 24.5 Å². The molecule has 154 valence electrons. The van der Waals surface area contributed by atoms with Gasteiger partial charge in [0.15, 0.2) is 5.82 Å². The monoisotopic (exact) mass is 406 g/mol. The van der Waals surface area contributed by atoms with E-state index in [2.05, 4.69) is 15.1 Å². The number of aromatic nitrogens is 2. The molecule has 0 aliphatic carbocycles. The van der Waals surface area contributed by atoms with E-state index >= 15 is 0 Å².